The third-order valence-electron chi connectivity index (χ3n) is 5.48. The van der Waals surface area contributed by atoms with Crippen LogP contribution in [0.1, 0.15) is 26.7 Å². The smallest absolute Gasteiger partial charge is 0.341 e. The quantitative estimate of drug-likeness (QED) is 0.390. The van der Waals surface area contributed by atoms with E-state index >= 15 is 0 Å². The SMILES string of the molecule is CC(C)Oc1ccc(S(=O)(=O)CC2CCN(c3ccc([N+](=O)[O-])c(OCC(=O)O)c3)CC2)cc1. The molecule has 0 aliphatic carbocycles. The lowest BCUT2D eigenvalue weighted by atomic mass is 9.98. The number of anilines is 1. The van der Waals surface area contributed by atoms with Crippen molar-refractivity contribution in [3.05, 3.63) is 52.6 Å². The van der Waals surface area contributed by atoms with Crippen LogP contribution in [0, 0.1) is 16.0 Å². The maximum absolute atomic E-state index is 12.9. The molecule has 1 fully saturated rings. The molecule has 0 bridgehead atoms. The average Bonchev–Trinajstić information content (AvgIpc) is 2.77. The van der Waals surface area contributed by atoms with Gasteiger partial charge in [0, 0.05) is 30.9 Å². The van der Waals surface area contributed by atoms with Crippen molar-refractivity contribution in [1.29, 1.82) is 0 Å². The van der Waals surface area contributed by atoms with Gasteiger partial charge in [-0.25, -0.2) is 13.2 Å². The van der Waals surface area contributed by atoms with E-state index < -0.39 is 27.3 Å². The first-order chi connectivity index (χ1) is 16.0. The molecule has 0 spiro atoms. The summed E-state index contributed by atoms with van der Waals surface area (Å²) >= 11 is 0. The molecule has 3 rings (SSSR count). The number of sulfone groups is 1. The molecule has 1 saturated heterocycles. The number of benzene rings is 2. The van der Waals surface area contributed by atoms with E-state index in [1.807, 2.05) is 18.7 Å². The molecular weight excluding hydrogens is 464 g/mol. The molecule has 184 valence electrons. The molecule has 1 aliphatic rings. The molecular formula is C23H28N2O8S. The minimum absolute atomic E-state index is 0.00297. The summed E-state index contributed by atoms with van der Waals surface area (Å²) in [6.07, 6.45) is 1.27. The number of rotatable bonds is 10. The van der Waals surface area contributed by atoms with Gasteiger partial charge in [0.05, 0.1) is 21.7 Å². The highest BCUT2D eigenvalue weighted by molar-refractivity contribution is 7.91. The molecule has 11 heteroatoms. The van der Waals surface area contributed by atoms with Crippen molar-refractivity contribution in [3.63, 3.8) is 0 Å². The van der Waals surface area contributed by atoms with Gasteiger partial charge in [-0.3, -0.25) is 10.1 Å². The Morgan fingerprint density at radius 2 is 1.82 bits per heavy atom. The number of nitrogens with zero attached hydrogens (tertiary/aromatic N) is 2. The second kappa shape index (κ2) is 10.7. The van der Waals surface area contributed by atoms with Gasteiger partial charge in [-0.15, -0.1) is 0 Å². The Balaban J connectivity index is 1.63. The maximum atomic E-state index is 12.9. The summed E-state index contributed by atoms with van der Waals surface area (Å²) in [5.74, 6) is -0.702. The Bertz CT molecular complexity index is 1120. The Morgan fingerprint density at radius 3 is 2.38 bits per heavy atom. The fourth-order valence-corrected chi connectivity index (χ4v) is 5.56. The van der Waals surface area contributed by atoms with Crippen LogP contribution < -0.4 is 14.4 Å². The molecule has 1 aliphatic heterocycles. The van der Waals surface area contributed by atoms with Crippen molar-refractivity contribution in [2.45, 2.75) is 37.7 Å². The maximum Gasteiger partial charge on any atom is 0.341 e. The van der Waals surface area contributed by atoms with E-state index in [2.05, 4.69) is 0 Å². The number of piperidine rings is 1. The second-order valence-electron chi connectivity index (χ2n) is 8.44. The molecule has 1 N–H and O–H groups in total. The summed E-state index contributed by atoms with van der Waals surface area (Å²) in [7, 11) is -3.45. The van der Waals surface area contributed by atoms with Crippen molar-refractivity contribution < 1.29 is 32.7 Å². The van der Waals surface area contributed by atoms with Crippen LogP contribution in [0.15, 0.2) is 47.4 Å². The van der Waals surface area contributed by atoms with Crippen molar-refractivity contribution in [2.24, 2.45) is 5.92 Å². The molecule has 0 aromatic heterocycles. The van der Waals surface area contributed by atoms with Crippen molar-refractivity contribution in [1.82, 2.24) is 0 Å². The van der Waals surface area contributed by atoms with Gasteiger partial charge in [-0.2, -0.15) is 0 Å². The molecule has 0 unspecified atom stereocenters. The molecule has 2 aromatic carbocycles. The van der Waals surface area contributed by atoms with E-state index in [9.17, 15) is 23.3 Å². The Morgan fingerprint density at radius 1 is 1.18 bits per heavy atom. The zero-order valence-corrected chi connectivity index (χ0v) is 19.9. The molecule has 10 nitrogen and oxygen atoms in total. The minimum atomic E-state index is -3.45. The number of carboxylic acids is 1. The lowest BCUT2D eigenvalue weighted by Gasteiger charge is -2.33. The third kappa shape index (κ3) is 6.60. The van der Waals surface area contributed by atoms with E-state index in [1.54, 1.807) is 30.3 Å². The van der Waals surface area contributed by atoms with Crippen LogP contribution in [0.2, 0.25) is 0 Å². The second-order valence-corrected chi connectivity index (χ2v) is 10.5. The molecule has 0 atom stereocenters. The van der Waals surface area contributed by atoms with Gasteiger partial charge in [0.1, 0.15) is 5.75 Å². The normalized spacial score (nSPS) is 14.7. The van der Waals surface area contributed by atoms with Crippen LogP contribution in [0.4, 0.5) is 11.4 Å². The van der Waals surface area contributed by atoms with E-state index in [0.29, 0.717) is 37.4 Å². The molecule has 0 saturated carbocycles. The van der Waals surface area contributed by atoms with Gasteiger partial charge in [0.2, 0.25) is 0 Å². The predicted molar refractivity (Wildman–Crippen MR) is 125 cm³/mol. The number of carboxylic acid groups (broad SMARTS) is 1. The molecule has 2 aromatic rings. The first-order valence-electron chi connectivity index (χ1n) is 10.9. The predicted octanol–water partition coefficient (Wildman–Crippen LogP) is 3.54. The number of hydrogen-bond donors (Lipinski definition) is 1. The molecule has 0 radical (unpaired) electrons. The van der Waals surface area contributed by atoms with Gasteiger partial charge < -0.3 is 19.5 Å². The van der Waals surface area contributed by atoms with Gasteiger partial charge in [-0.1, -0.05) is 0 Å². The van der Waals surface area contributed by atoms with Crippen LogP contribution >= 0.6 is 0 Å². The first kappa shape index (κ1) is 25.3. The Labute approximate surface area is 198 Å². The van der Waals surface area contributed by atoms with Crippen molar-refractivity contribution in [3.8, 4) is 11.5 Å². The zero-order chi connectivity index (χ0) is 24.9. The summed E-state index contributed by atoms with van der Waals surface area (Å²) in [5, 5.41) is 20.0. The molecule has 34 heavy (non-hydrogen) atoms. The molecule has 0 amide bonds. The van der Waals surface area contributed by atoms with Crippen LogP contribution in [0.5, 0.6) is 11.5 Å². The van der Waals surface area contributed by atoms with Crippen LogP contribution in [-0.4, -0.2) is 56.0 Å². The number of hydrogen-bond acceptors (Lipinski definition) is 8. The number of nitro benzene ring substituents is 1. The zero-order valence-electron chi connectivity index (χ0n) is 19.0. The summed E-state index contributed by atoms with van der Waals surface area (Å²) < 4.78 is 36.4. The van der Waals surface area contributed by atoms with Crippen molar-refractivity contribution in [2.75, 3.05) is 30.3 Å². The number of ether oxygens (including phenoxy) is 2. The van der Waals surface area contributed by atoms with Gasteiger partial charge in [0.25, 0.3) is 0 Å². The number of carbonyl (C=O) groups is 1. The number of aliphatic carboxylic acids is 1. The summed E-state index contributed by atoms with van der Waals surface area (Å²) in [6.45, 7) is 4.25. The van der Waals surface area contributed by atoms with Crippen LogP contribution in [0.25, 0.3) is 0 Å². The Hall–Kier alpha value is -3.34. The first-order valence-corrected chi connectivity index (χ1v) is 12.6. The fraction of sp³-hybridized carbons (Fsp3) is 0.435. The van der Waals surface area contributed by atoms with E-state index in [1.165, 1.54) is 12.1 Å². The summed E-state index contributed by atoms with van der Waals surface area (Å²) in [4.78, 5) is 23.6. The standard InChI is InChI=1S/C23H28N2O8S/c1-16(2)33-19-4-6-20(7-5-19)34(30,31)15-17-9-11-24(12-10-17)18-3-8-21(25(28)29)22(13-18)32-14-23(26)27/h3-8,13,16-17H,9-12,14-15H2,1-2H3,(H,26,27). The van der Waals surface area contributed by atoms with E-state index in [4.69, 9.17) is 14.6 Å². The lowest BCUT2D eigenvalue weighted by Crippen LogP contribution is -2.36. The monoisotopic (exact) mass is 492 g/mol. The van der Waals surface area contributed by atoms with Gasteiger partial charge >= 0.3 is 11.7 Å². The largest absolute Gasteiger partial charge is 0.491 e. The number of nitro groups is 1. The highest BCUT2D eigenvalue weighted by atomic mass is 32.2. The summed E-state index contributed by atoms with van der Waals surface area (Å²) in [5.41, 5.74) is 0.351. The summed E-state index contributed by atoms with van der Waals surface area (Å²) in [6, 6.07) is 10.8. The van der Waals surface area contributed by atoms with Crippen molar-refractivity contribution >= 4 is 27.2 Å². The molecule has 1 heterocycles. The topological polar surface area (TPSA) is 136 Å². The highest BCUT2D eigenvalue weighted by Crippen LogP contribution is 2.34. The van der Waals surface area contributed by atoms with Crippen LogP contribution in [0.3, 0.4) is 0 Å². The van der Waals surface area contributed by atoms with Crippen LogP contribution in [-0.2, 0) is 14.6 Å². The lowest BCUT2D eigenvalue weighted by molar-refractivity contribution is -0.385. The Kier molecular flexibility index (Phi) is 7.98. The van der Waals surface area contributed by atoms with Gasteiger partial charge in [0.15, 0.2) is 22.2 Å². The van der Waals surface area contributed by atoms with Gasteiger partial charge in [-0.05, 0) is 62.9 Å². The van der Waals surface area contributed by atoms with E-state index in [0.717, 1.165) is 0 Å². The van der Waals surface area contributed by atoms with E-state index in [-0.39, 0.29) is 34.1 Å². The minimum Gasteiger partial charge on any atom is -0.491 e. The fourth-order valence-electron chi connectivity index (χ4n) is 3.87. The average molecular weight is 493 g/mol. The highest BCUT2D eigenvalue weighted by Gasteiger charge is 2.27. The third-order valence-corrected chi connectivity index (χ3v) is 7.38.